The maximum atomic E-state index is 13.2. The SMILES string of the molecule is CC(=O)NCc1cccc(-c2cccc(C3OC(CN4CCC5(CC4)C(=O)NCN5c4ccccc4)CC(c4ccc(CO)cc4)O3)c2)c1. The number of rotatable bonds is 9. The summed E-state index contributed by atoms with van der Waals surface area (Å²) in [5.41, 5.74) is 6.51. The van der Waals surface area contributed by atoms with Crippen molar-refractivity contribution in [1.29, 1.82) is 0 Å². The van der Waals surface area contributed by atoms with Gasteiger partial charge >= 0.3 is 0 Å². The highest BCUT2D eigenvalue weighted by atomic mass is 16.7. The van der Waals surface area contributed by atoms with E-state index in [0.717, 1.165) is 71.5 Å². The first-order valence-corrected chi connectivity index (χ1v) is 17.2. The van der Waals surface area contributed by atoms with Gasteiger partial charge in [0, 0.05) is 50.8 Å². The van der Waals surface area contributed by atoms with Gasteiger partial charge in [-0.1, -0.05) is 78.9 Å². The number of benzene rings is 4. The summed E-state index contributed by atoms with van der Waals surface area (Å²) in [6.45, 7) is 4.85. The van der Waals surface area contributed by atoms with Crippen LogP contribution in [0.5, 0.6) is 0 Å². The number of nitrogens with one attached hydrogen (secondary N) is 2. The van der Waals surface area contributed by atoms with Crippen molar-refractivity contribution in [3.8, 4) is 11.1 Å². The second-order valence-electron chi connectivity index (χ2n) is 13.3. The Balaban J connectivity index is 1.09. The van der Waals surface area contributed by atoms with Crippen LogP contribution >= 0.6 is 0 Å². The lowest BCUT2D eigenvalue weighted by atomic mass is 9.85. The van der Waals surface area contributed by atoms with Crippen LogP contribution in [0, 0.1) is 0 Å². The van der Waals surface area contributed by atoms with Crippen LogP contribution in [-0.4, -0.2) is 59.8 Å². The predicted octanol–water partition coefficient (Wildman–Crippen LogP) is 5.46. The fourth-order valence-corrected chi connectivity index (χ4v) is 7.41. The average Bonchev–Trinajstić information content (AvgIpc) is 3.46. The zero-order chi connectivity index (χ0) is 33.8. The lowest BCUT2D eigenvalue weighted by Gasteiger charge is -2.45. The Morgan fingerprint density at radius 1 is 0.878 bits per heavy atom. The first-order valence-electron chi connectivity index (χ1n) is 17.2. The van der Waals surface area contributed by atoms with Crippen LogP contribution in [0.25, 0.3) is 11.1 Å². The molecule has 9 nitrogen and oxygen atoms in total. The maximum absolute atomic E-state index is 13.2. The molecule has 9 heteroatoms. The lowest BCUT2D eigenvalue weighted by Crippen LogP contribution is -2.57. The van der Waals surface area contributed by atoms with Crippen LogP contribution in [0.1, 0.15) is 60.8 Å². The Hall–Kier alpha value is -4.54. The largest absolute Gasteiger partial charge is 0.392 e. The molecule has 49 heavy (non-hydrogen) atoms. The Kier molecular flexibility index (Phi) is 9.77. The van der Waals surface area contributed by atoms with Gasteiger partial charge in [0.15, 0.2) is 6.29 Å². The molecule has 1 spiro atoms. The van der Waals surface area contributed by atoms with E-state index in [2.05, 4.69) is 56.8 Å². The molecule has 3 fully saturated rings. The summed E-state index contributed by atoms with van der Waals surface area (Å²) in [5, 5.41) is 15.6. The number of carbonyl (C=O) groups excluding carboxylic acids is 2. The number of amides is 2. The molecule has 0 aromatic heterocycles. The Bertz CT molecular complexity index is 1760. The van der Waals surface area contributed by atoms with Gasteiger partial charge in [0.05, 0.1) is 25.5 Å². The van der Waals surface area contributed by atoms with E-state index in [9.17, 15) is 14.7 Å². The maximum Gasteiger partial charge on any atom is 0.247 e. The summed E-state index contributed by atoms with van der Waals surface area (Å²) in [6.07, 6.45) is 1.33. The van der Waals surface area contributed by atoms with Gasteiger partial charge in [-0.05, 0) is 64.9 Å². The average molecular weight is 661 g/mol. The molecular weight excluding hydrogens is 616 g/mol. The molecule has 3 unspecified atom stereocenters. The molecule has 3 N–H and O–H groups in total. The number of ether oxygens (including phenoxy) is 2. The minimum Gasteiger partial charge on any atom is -0.392 e. The number of hydrogen-bond acceptors (Lipinski definition) is 7. The number of piperidine rings is 1. The summed E-state index contributed by atoms with van der Waals surface area (Å²) >= 11 is 0. The Morgan fingerprint density at radius 3 is 2.35 bits per heavy atom. The van der Waals surface area contributed by atoms with Crippen molar-refractivity contribution >= 4 is 17.5 Å². The highest BCUT2D eigenvalue weighted by molar-refractivity contribution is 5.93. The quantitative estimate of drug-likeness (QED) is 0.219. The van der Waals surface area contributed by atoms with Gasteiger partial charge in [-0.15, -0.1) is 0 Å². The topological polar surface area (TPSA) is 103 Å². The van der Waals surface area contributed by atoms with Crippen molar-refractivity contribution in [1.82, 2.24) is 15.5 Å². The standard InChI is InChI=1S/C40H44N4O5/c1-28(46)41-24-30-7-5-8-32(21-30)33-9-6-10-34(22-33)38-48-36(23-37(49-38)31-15-13-29(26-45)14-16-31)25-43-19-17-40(18-20-43)39(47)42-27-44(40)35-11-3-2-4-12-35/h2-16,21-22,36-38,45H,17-20,23-27H2,1H3,(H,41,46)(H,42,47). The highest BCUT2D eigenvalue weighted by Crippen LogP contribution is 2.41. The number of para-hydroxylation sites is 1. The van der Waals surface area contributed by atoms with Crippen molar-refractivity contribution in [3.63, 3.8) is 0 Å². The lowest BCUT2D eigenvalue weighted by molar-refractivity contribution is -0.253. The van der Waals surface area contributed by atoms with E-state index in [1.54, 1.807) is 0 Å². The van der Waals surface area contributed by atoms with Gasteiger partial charge in [0.2, 0.25) is 11.8 Å². The van der Waals surface area contributed by atoms with Gasteiger partial charge < -0.3 is 35.0 Å². The molecule has 3 heterocycles. The number of aliphatic hydroxyl groups excluding tert-OH is 1. The molecule has 0 aliphatic carbocycles. The molecule has 254 valence electrons. The molecule has 4 aromatic rings. The summed E-state index contributed by atoms with van der Waals surface area (Å²) in [6, 6.07) is 34.6. The third-order valence-electron chi connectivity index (χ3n) is 10.1. The first kappa shape index (κ1) is 33.0. The van der Waals surface area contributed by atoms with Crippen LogP contribution in [-0.2, 0) is 32.2 Å². The number of nitrogens with zero attached hydrogens (tertiary/aromatic N) is 2. The molecular formula is C40H44N4O5. The molecule has 0 radical (unpaired) electrons. The molecule has 7 rings (SSSR count). The van der Waals surface area contributed by atoms with Crippen molar-refractivity contribution < 1.29 is 24.2 Å². The minimum absolute atomic E-state index is 0.00481. The van der Waals surface area contributed by atoms with E-state index >= 15 is 0 Å². The number of carbonyl (C=O) groups is 2. The monoisotopic (exact) mass is 660 g/mol. The van der Waals surface area contributed by atoms with Crippen LogP contribution in [0.4, 0.5) is 5.69 Å². The van der Waals surface area contributed by atoms with Crippen LogP contribution < -0.4 is 15.5 Å². The zero-order valence-electron chi connectivity index (χ0n) is 27.9. The summed E-state index contributed by atoms with van der Waals surface area (Å²) < 4.78 is 13.4. The van der Waals surface area contributed by atoms with E-state index in [0.29, 0.717) is 19.6 Å². The van der Waals surface area contributed by atoms with Gasteiger partial charge in [0.1, 0.15) is 5.54 Å². The Labute approximate surface area is 287 Å². The highest BCUT2D eigenvalue weighted by Gasteiger charge is 2.50. The number of likely N-dealkylation sites (tertiary alicyclic amines) is 1. The normalized spacial score (nSPS) is 22.2. The van der Waals surface area contributed by atoms with Gasteiger partial charge in [-0.2, -0.15) is 0 Å². The van der Waals surface area contributed by atoms with E-state index in [-0.39, 0.29) is 30.6 Å². The molecule has 0 bridgehead atoms. The first-order chi connectivity index (χ1) is 23.9. The molecule has 0 saturated carbocycles. The fourth-order valence-electron chi connectivity index (χ4n) is 7.41. The van der Waals surface area contributed by atoms with E-state index in [4.69, 9.17) is 9.47 Å². The number of aliphatic hydroxyl groups is 1. The smallest absolute Gasteiger partial charge is 0.247 e. The molecule has 2 amide bonds. The number of hydrogen-bond donors (Lipinski definition) is 3. The summed E-state index contributed by atoms with van der Waals surface area (Å²) in [7, 11) is 0. The molecule has 3 aliphatic heterocycles. The predicted molar refractivity (Wildman–Crippen MR) is 188 cm³/mol. The van der Waals surface area contributed by atoms with Crippen molar-refractivity contribution in [2.45, 2.75) is 63.4 Å². The molecule has 3 saturated heterocycles. The van der Waals surface area contributed by atoms with E-state index < -0.39 is 11.8 Å². The van der Waals surface area contributed by atoms with Crippen LogP contribution in [0.2, 0.25) is 0 Å². The zero-order valence-corrected chi connectivity index (χ0v) is 27.9. The molecule has 3 aliphatic rings. The minimum atomic E-state index is -0.575. The summed E-state index contributed by atoms with van der Waals surface area (Å²) in [4.78, 5) is 29.4. The summed E-state index contributed by atoms with van der Waals surface area (Å²) in [5.74, 6) is 0.0571. The van der Waals surface area contributed by atoms with Gasteiger partial charge in [-0.3, -0.25) is 9.59 Å². The van der Waals surface area contributed by atoms with Gasteiger partial charge in [0.25, 0.3) is 0 Å². The van der Waals surface area contributed by atoms with Crippen molar-refractivity contribution in [2.75, 3.05) is 31.2 Å². The Morgan fingerprint density at radius 2 is 1.61 bits per heavy atom. The third kappa shape index (κ3) is 7.26. The van der Waals surface area contributed by atoms with Crippen molar-refractivity contribution in [2.24, 2.45) is 0 Å². The van der Waals surface area contributed by atoms with Crippen LogP contribution in [0.15, 0.2) is 103 Å². The fraction of sp³-hybridized carbons (Fsp3) is 0.350. The second-order valence-corrected chi connectivity index (χ2v) is 13.3. The van der Waals surface area contributed by atoms with Gasteiger partial charge in [-0.25, -0.2) is 0 Å². The molecule has 3 atom stereocenters. The second kappa shape index (κ2) is 14.5. The molecule has 4 aromatic carbocycles. The third-order valence-corrected chi connectivity index (χ3v) is 10.1. The van der Waals surface area contributed by atoms with E-state index in [1.165, 1.54) is 6.92 Å². The van der Waals surface area contributed by atoms with E-state index in [1.807, 2.05) is 66.7 Å². The van der Waals surface area contributed by atoms with Crippen LogP contribution in [0.3, 0.4) is 0 Å². The van der Waals surface area contributed by atoms with Crippen molar-refractivity contribution in [3.05, 3.63) is 125 Å². The number of anilines is 1.